The molecule has 0 aliphatic rings. The van der Waals surface area contributed by atoms with Gasteiger partial charge in [-0.05, 0) is 68.5 Å². The van der Waals surface area contributed by atoms with Gasteiger partial charge in [0.2, 0.25) is 0 Å². The number of carboxylic acids is 1. The largest absolute Gasteiger partial charge is 0.491 e. The highest BCUT2D eigenvalue weighted by Gasteiger charge is 2.30. The highest BCUT2D eigenvalue weighted by molar-refractivity contribution is 7.00. The molecule has 0 unspecified atom stereocenters. The van der Waals surface area contributed by atoms with Crippen molar-refractivity contribution in [2.75, 3.05) is 13.2 Å². The fourth-order valence-corrected chi connectivity index (χ4v) is 7.64. The lowest BCUT2D eigenvalue weighted by atomic mass is 9.99. The minimum absolute atomic E-state index is 0.0681. The molecule has 0 radical (unpaired) electrons. The first kappa shape index (κ1) is 27.9. The number of carbonyl (C=O) groups is 1. The van der Waals surface area contributed by atoms with Crippen LogP contribution in [0.25, 0.3) is 0 Å². The zero-order chi connectivity index (χ0) is 25.5. The first-order valence-electron chi connectivity index (χ1n) is 12.0. The van der Waals surface area contributed by atoms with E-state index in [1.807, 2.05) is 32.0 Å². The molecule has 0 bridgehead atoms. The lowest BCUT2D eigenvalue weighted by molar-refractivity contribution is -0.137. The summed E-state index contributed by atoms with van der Waals surface area (Å²) < 4.78 is 11.6. The number of ether oxygens (including phenoxy) is 2. The minimum Gasteiger partial charge on any atom is -0.491 e. The SMILES string of the molecule is CCC(O)(CC)COc1ccc([Si](C)(C)c2ccc(OC[C@@H](O)CCC(=O)O)cc2C)c(C)c1. The predicted molar refractivity (Wildman–Crippen MR) is 139 cm³/mol. The van der Waals surface area contributed by atoms with E-state index in [4.69, 9.17) is 14.6 Å². The van der Waals surface area contributed by atoms with Crippen molar-refractivity contribution in [2.24, 2.45) is 0 Å². The Morgan fingerprint density at radius 2 is 1.47 bits per heavy atom. The molecule has 7 heteroatoms. The summed E-state index contributed by atoms with van der Waals surface area (Å²) >= 11 is 0. The maximum Gasteiger partial charge on any atom is 0.303 e. The quantitative estimate of drug-likeness (QED) is 0.373. The summed E-state index contributed by atoms with van der Waals surface area (Å²) in [5, 5.41) is 31.8. The third-order valence-corrected chi connectivity index (χ3v) is 10.5. The Morgan fingerprint density at radius 3 is 1.91 bits per heavy atom. The van der Waals surface area contributed by atoms with E-state index in [0.29, 0.717) is 18.6 Å². The van der Waals surface area contributed by atoms with Gasteiger partial charge in [0.1, 0.15) is 32.8 Å². The van der Waals surface area contributed by atoms with E-state index in [0.717, 1.165) is 11.3 Å². The topological polar surface area (TPSA) is 96.2 Å². The van der Waals surface area contributed by atoms with E-state index in [-0.39, 0.29) is 26.1 Å². The van der Waals surface area contributed by atoms with Gasteiger partial charge >= 0.3 is 5.97 Å². The van der Waals surface area contributed by atoms with Gasteiger partial charge in [0.15, 0.2) is 0 Å². The normalized spacial score (nSPS) is 12.9. The van der Waals surface area contributed by atoms with Gasteiger partial charge in [0, 0.05) is 6.42 Å². The zero-order valence-electron chi connectivity index (χ0n) is 21.4. The standard InChI is InChI=1S/C27H40O6Si/c1-7-27(31,8-2)18-33-23-11-13-25(20(4)16-23)34(5,6)24-12-10-22(15-19(24)3)32-17-21(28)9-14-26(29)30/h10-13,15-16,21,28,31H,7-9,14,17-18H2,1-6H3,(H,29,30)/t21-/m0/s1. The molecule has 1 atom stereocenters. The first-order chi connectivity index (χ1) is 15.9. The van der Waals surface area contributed by atoms with Gasteiger partial charge in [0.25, 0.3) is 0 Å². The van der Waals surface area contributed by atoms with E-state index in [1.165, 1.54) is 15.9 Å². The van der Waals surface area contributed by atoms with Crippen LogP contribution in [0.4, 0.5) is 0 Å². The Labute approximate surface area is 204 Å². The molecular weight excluding hydrogens is 448 g/mol. The average molecular weight is 489 g/mol. The van der Waals surface area contributed by atoms with Gasteiger partial charge < -0.3 is 24.8 Å². The van der Waals surface area contributed by atoms with Crippen LogP contribution in [0.1, 0.15) is 50.7 Å². The molecule has 0 heterocycles. The second kappa shape index (κ2) is 11.9. The summed E-state index contributed by atoms with van der Waals surface area (Å²) in [4.78, 5) is 10.6. The molecule has 3 N–H and O–H groups in total. The van der Waals surface area contributed by atoms with Gasteiger partial charge in [-0.15, -0.1) is 0 Å². The zero-order valence-corrected chi connectivity index (χ0v) is 22.4. The van der Waals surface area contributed by atoms with E-state index in [1.54, 1.807) is 0 Å². The fraction of sp³-hybridized carbons (Fsp3) is 0.519. The summed E-state index contributed by atoms with van der Waals surface area (Å²) in [6, 6.07) is 12.2. The van der Waals surface area contributed by atoms with Crippen molar-refractivity contribution in [3.63, 3.8) is 0 Å². The Morgan fingerprint density at radius 1 is 0.971 bits per heavy atom. The Bertz CT molecular complexity index is 968. The second-order valence-electron chi connectivity index (χ2n) is 9.70. The number of aliphatic hydroxyl groups excluding tert-OH is 1. The molecule has 2 aromatic rings. The summed E-state index contributed by atoms with van der Waals surface area (Å²) in [7, 11) is -2.01. The molecule has 0 saturated heterocycles. The van der Waals surface area contributed by atoms with Gasteiger partial charge in [-0.2, -0.15) is 0 Å². The van der Waals surface area contributed by atoms with Gasteiger partial charge in [-0.25, -0.2) is 0 Å². The van der Waals surface area contributed by atoms with E-state index in [9.17, 15) is 15.0 Å². The van der Waals surface area contributed by atoms with Crippen molar-refractivity contribution in [1.29, 1.82) is 0 Å². The van der Waals surface area contributed by atoms with Crippen LogP contribution < -0.4 is 19.8 Å². The maximum absolute atomic E-state index is 10.6. The van der Waals surface area contributed by atoms with Crippen LogP contribution in [0.5, 0.6) is 11.5 Å². The number of hydrogen-bond donors (Lipinski definition) is 3. The van der Waals surface area contributed by atoms with Gasteiger partial charge in [-0.1, -0.05) is 49.4 Å². The molecular formula is C27H40O6Si. The fourth-order valence-electron chi connectivity index (χ4n) is 4.24. The van der Waals surface area contributed by atoms with Gasteiger partial charge in [0.05, 0.1) is 11.7 Å². The number of hydrogen-bond acceptors (Lipinski definition) is 5. The van der Waals surface area contributed by atoms with Crippen LogP contribution in [0.3, 0.4) is 0 Å². The van der Waals surface area contributed by atoms with Crippen LogP contribution in [0.2, 0.25) is 13.1 Å². The van der Waals surface area contributed by atoms with Crippen LogP contribution in [-0.2, 0) is 4.79 Å². The average Bonchev–Trinajstić information content (AvgIpc) is 2.79. The number of aryl methyl sites for hydroxylation is 2. The Hall–Kier alpha value is -2.35. The molecule has 0 amide bonds. The molecule has 188 valence electrons. The van der Waals surface area contributed by atoms with Gasteiger partial charge in [-0.3, -0.25) is 4.79 Å². The molecule has 0 spiro atoms. The maximum atomic E-state index is 10.6. The predicted octanol–water partition coefficient (Wildman–Crippen LogP) is 3.66. The molecule has 2 aromatic carbocycles. The van der Waals surface area contributed by atoms with Crippen LogP contribution in [-0.4, -0.2) is 54.3 Å². The Balaban J connectivity index is 2.13. The number of carboxylic acid groups (broad SMARTS) is 1. The second-order valence-corrected chi connectivity index (χ2v) is 14.0. The summed E-state index contributed by atoms with van der Waals surface area (Å²) in [6.07, 6.45) is 0.586. The molecule has 2 rings (SSSR count). The van der Waals surface area contributed by atoms with Crippen LogP contribution in [0.15, 0.2) is 36.4 Å². The van der Waals surface area contributed by atoms with Crippen molar-refractivity contribution < 1.29 is 29.6 Å². The number of benzene rings is 2. The van der Waals surface area contributed by atoms with Crippen LogP contribution in [0, 0.1) is 13.8 Å². The lowest BCUT2D eigenvalue weighted by Gasteiger charge is -2.29. The molecule has 34 heavy (non-hydrogen) atoms. The molecule has 0 saturated carbocycles. The summed E-state index contributed by atoms with van der Waals surface area (Å²) in [5.41, 5.74) is 1.50. The van der Waals surface area contributed by atoms with Crippen molar-refractivity contribution in [1.82, 2.24) is 0 Å². The highest BCUT2D eigenvalue weighted by atomic mass is 28.3. The number of aliphatic hydroxyl groups is 2. The molecule has 6 nitrogen and oxygen atoms in total. The molecule has 0 fully saturated rings. The lowest BCUT2D eigenvalue weighted by Crippen LogP contribution is -2.54. The minimum atomic E-state index is -2.01. The number of rotatable bonds is 13. The number of aliphatic carboxylic acids is 1. The highest BCUT2D eigenvalue weighted by Crippen LogP contribution is 2.21. The monoisotopic (exact) mass is 488 g/mol. The van der Waals surface area contributed by atoms with E-state index in [2.05, 4.69) is 45.1 Å². The van der Waals surface area contributed by atoms with Crippen molar-refractivity contribution in [2.45, 2.75) is 78.2 Å². The van der Waals surface area contributed by atoms with Crippen molar-refractivity contribution >= 4 is 24.4 Å². The summed E-state index contributed by atoms with van der Waals surface area (Å²) in [6.45, 7) is 13.1. The third-order valence-electron chi connectivity index (χ3n) is 6.70. The Kier molecular flexibility index (Phi) is 9.73. The van der Waals surface area contributed by atoms with Crippen LogP contribution >= 0.6 is 0 Å². The summed E-state index contributed by atoms with van der Waals surface area (Å²) in [5.74, 6) is 0.512. The molecule has 0 aromatic heterocycles. The molecule has 0 aliphatic heterocycles. The smallest absolute Gasteiger partial charge is 0.303 e. The van der Waals surface area contributed by atoms with E-state index >= 15 is 0 Å². The van der Waals surface area contributed by atoms with E-state index < -0.39 is 25.7 Å². The van der Waals surface area contributed by atoms with Crippen molar-refractivity contribution in [3.8, 4) is 11.5 Å². The van der Waals surface area contributed by atoms with Crippen molar-refractivity contribution in [3.05, 3.63) is 47.5 Å². The third kappa shape index (κ3) is 7.32. The molecule has 0 aliphatic carbocycles. The first-order valence-corrected chi connectivity index (χ1v) is 15.0.